The van der Waals surface area contributed by atoms with Crippen LogP contribution in [0, 0.1) is 5.41 Å². The maximum absolute atomic E-state index is 13.3. The molecule has 0 saturated carbocycles. The van der Waals surface area contributed by atoms with E-state index in [0.717, 1.165) is 0 Å². The number of alkyl halides is 5. The molecule has 0 saturated heterocycles. The fourth-order valence-electron chi connectivity index (χ4n) is 1.79. The number of carboxylic acid groups (broad SMARTS) is 1. The van der Waals surface area contributed by atoms with E-state index in [9.17, 15) is 31.9 Å². The van der Waals surface area contributed by atoms with Crippen molar-refractivity contribution in [1.82, 2.24) is 20.2 Å². The van der Waals surface area contributed by atoms with Gasteiger partial charge in [0.2, 0.25) is 5.82 Å². The van der Waals surface area contributed by atoms with E-state index in [1.54, 1.807) is 0 Å². The highest BCUT2D eigenvalue weighted by Crippen LogP contribution is 2.43. The molecule has 0 radical (unpaired) electrons. The van der Waals surface area contributed by atoms with Crippen molar-refractivity contribution in [3.8, 4) is 0 Å². The highest BCUT2D eigenvalue weighted by atomic mass is 19.4. The molecule has 0 amide bonds. The SMILES string of the molecule is CCC(CC)(Cn1nnnc1C(F)(F)C(F)(F)F)C(=O)O. The lowest BCUT2D eigenvalue weighted by molar-refractivity contribution is -0.294. The number of carboxylic acids is 1. The van der Waals surface area contributed by atoms with Crippen LogP contribution in [-0.2, 0) is 17.3 Å². The summed E-state index contributed by atoms with van der Waals surface area (Å²) in [4.78, 5) is 11.3. The second-order valence-corrected chi connectivity index (χ2v) is 4.52. The predicted octanol–water partition coefficient (Wildman–Crippen LogP) is 2.22. The first-order valence-corrected chi connectivity index (χ1v) is 5.96. The summed E-state index contributed by atoms with van der Waals surface area (Å²) in [6.07, 6.45) is -5.82. The molecule has 0 aliphatic rings. The van der Waals surface area contributed by atoms with Gasteiger partial charge in [-0.2, -0.15) is 22.0 Å². The number of tetrazole rings is 1. The molecule has 0 aromatic carbocycles. The maximum atomic E-state index is 13.3. The third-order valence-corrected chi connectivity index (χ3v) is 3.43. The molecule has 0 aliphatic carbocycles. The Balaban J connectivity index is 3.25. The minimum Gasteiger partial charge on any atom is -0.481 e. The van der Waals surface area contributed by atoms with Crippen LogP contribution in [0.15, 0.2) is 0 Å². The van der Waals surface area contributed by atoms with Crippen LogP contribution in [0.2, 0.25) is 0 Å². The van der Waals surface area contributed by atoms with Gasteiger partial charge in [0, 0.05) is 0 Å². The fourth-order valence-corrected chi connectivity index (χ4v) is 1.79. The Bertz CT molecular complexity index is 510. The average Bonchev–Trinajstić information content (AvgIpc) is 2.82. The molecule has 1 aromatic heterocycles. The number of hydrogen-bond donors (Lipinski definition) is 1. The van der Waals surface area contributed by atoms with Crippen molar-refractivity contribution in [2.24, 2.45) is 5.41 Å². The number of rotatable bonds is 6. The highest BCUT2D eigenvalue weighted by Gasteiger charge is 2.62. The van der Waals surface area contributed by atoms with Crippen molar-refractivity contribution in [3.05, 3.63) is 5.82 Å². The van der Waals surface area contributed by atoms with E-state index in [-0.39, 0.29) is 17.5 Å². The molecule has 0 spiro atoms. The Hall–Kier alpha value is -1.81. The van der Waals surface area contributed by atoms with E-state index in [1.807, 2.05) is 0 Å². The molecule has 1 rings (SSSR count). The van der Waals surface area contributed by atoms with Crippen molar-refractivity contribution in [2.45, 2.75) is 45.3 Å². The molecule has 11 heteroatoms. The lowest BCUT2D eigenvalue weighted by atomic mass is 9.82. The molecule has 6 nitrogen and oxygen atoms in total. The third kappa shape index (κ3) is 2.95. The van der Waals surface area contributed by atoms with Gasteiger partial charge in [-0.15, -0.1) is 5.10 Å². The third-order valence-electron chi connectivity index (χ3n) is 3.43. The number of halogens is 5. The van der Waals surface area contributed by atoms with Crippen LogP contribution in [0.1, 0.15) is 32.5 Å². The molecular weight excluding hydrogens is 303 g/mol. The number of aliphatic carboxylic acids is 1. The summed E-state index contributed by atoms with van der Waals surface area (Å²) < 4.78 is 63.9. The quantitative estimate of drug-likeness (QED) is 0.814. The summed E-state index contributed by atoms with van der Waals surface area (Å²) in [5, 5.41) is 17.8. The summed E-state index contributed by atoms with van der Waals surface area (Å²) in [5.74, 6) is -8.30. The van der Waals surface area contributed by atoms with Crippen molar-refractivity contribution in [3.63, 3.8) is 0 Å². The molecule has 120 valence electrons. The largest absolute Gasteiger partial charge is 0.481 e. The fraction of sp³-hybridized carbons (Fsp3) is 0.800. The van der Waals surface area contributed by atoms with E-state index >= 15 is 0 Å². The zero-order chi connectivity index (χ0) is 16.5. The van der Waals surface area contributed by atoms with Gasteiger partial charge in [0.1, 0.15) is 0 Å². The lowest BCUT2D eigenvalue weighted by Gasteiger charge is -2.27. The van der Waals surface area contributed by atoms with Crippen LogP contribution < -0.4 is 0 Å². The van der Waals surface area contributed by atoms with Crippen LogP contribution in [0.3, 0.4) is 0 Å². The van der Waals surface area contributed by atoms with Gasteiger partial charge in [-0.3, -0.25) is 4.79 Å². The molecule has 0 bridgehead atoms. The van der Waals surface area contributed by atoms with Crippen molar-refractivity contribution in [2.75, 3.05) is 0 Å². The van der Waals surface area contributed by atoms with Crippen LogP contribution in [-0.4, -0.2) is 37.5 Å². The van der Waals surface area contributed by atoms with Crippen molar-refractivity contribution in [1.29, 1.82) is 0 Å². The van der Waals surface area contributed by atoms with Crippen LogP contribution in [0.5, 0.6) is 0 Å². The Morgan fingerprint density at radius 3 is 2.10 bits per heavy atom. The predicted molar refractivity (Wildman–Crippen MR) is 58.4 cm³/mol. The van der Waals surface area contributed by atoms with Crippen LogP contribution in [0.25, 0.3) is 0 Å². The minimum atomic E-state index is -5.87. The Morgan fingerprint density at radius 2 is 1.71 bits per heavy atom. The average molecular weight is 316 g/mol. The van der Waals surface area contributed by atoms with Crippen molar-refractivity contribution >= 4 is 5.97 Å². The monoisotopic (exact) mass is 316 g/mol. The normalized spacial score (nSPS) is 13.5. The Kier molecular flexibility index (Phi) is 4.54. The number of aromatic nitrogens is 4. The van der Waals surface area contributed by atoms with E-state index in [4.69, 9.17) is 0 Å². The van der Waals surface area contributed by atoms with Gasteiger partial charge in [-0.25, -0.2) is 4.68 Å². The summed E-state index contributed by atoms with van der Waals surface area (Å²) in [5.41, 5.74) is -1.52. The first-order valence-electron chi connectivity index (χ1n) is 5.96. The standard InChI is InChI=1S/C10H13F5N4O2/c1-3-8(4-2,7(20)21)5-19-6(16-17-18-19)9(11,12)10(13,14)15/h3-5H2,1-2H3,(H,20,21). The second-order valence-electron chi connectivity index (χ2n) is 4.52. The van der Waals surface area contributed by atoms with E-state index in [2.05, 4.69) is 15.5 Å². The maximum Gasteiger partial charge on any atom is 0.461 e. The van der Waals surface area contributed by atoms with Gasteiger partial charge in [0.25, 0.3) is 0 Å². The van der Waals surface area contributed by atoms with Gasteiger partial charge in [-0.05, 0) is 23.3 Å². The number of carbonyl (C=O) groups is 1. The Morgan fingerprint density at radius 1 is 1.19 bits per heavy atom. The van der Waals surface area contributed by atoms with Crippen LogP contribution >= 0.6 is 0 Å². The smallest absolute Gasteiger partial charge is 0.461 e. The molecule has 0 unspecified atom stereocenters. The molecule has 1 aromatic rings. The van der Waals surface area contributed by atoms with E-state index < -0.39 is 35.9 Å². The van der Waals surface area contributed by atoms with Gasteiger partial charge < -0.3 is 5.11 Å². The molecule has 1 N–H and O–H groups in total. The zero-order valence-electron chi connectivity index (χ0n) is 11.2. The Labute approximate surface area is 115 Å². The van der Waals surface area contributed by atoms with E-state index in [1.165, 1.54) is 13.8 Å². The second kappa shape index (κ2) is 5.53. The molecular formula is C10H13F5N4O2. The molecule has 0 atom stereocenters. The van der Waals surface area contributed by atoms with Gasteiger partial charge >= 0.3 is 18.1 Å². The summed E-state index contributed by atoms with van der Waals surface area (Å²) in [6, 6.07) is 0. The summed E-state index contributed by atoms with van der Waals surface area (Å²) in [6.45, 7) is 2.30. The van der Waals surface area contributed by atoms with Crippen LogP contribution in [0.4, 0.5) is 22.0 Å². The molecule has 1 heterocycles. The number of hydrogen-bond acceptors (Lipinski definition) is 4. The summed E-state index contributed by atoms with van der Waals surface area (Å²) in [7, 11) is 0. The summed E-state index contributed by atoms with van der Waals surface area (Å²) >= 11 is 0. The number of nitrogens with zero attached hydrogens (tertiary/aromatic N) is 4. The van der Waals surface area contributed by atoms with Gasteiger partial charge in [-0.1, -0.05) is 13.8 Å². The lowest BCUT2D eigenvalue weighted by Crippen LogP contribution is -2.40. The first kappa shape index (κ1) is 17.2. The van der Waals surface area contributed by atoms with E-state index in [0.29, 0.717) is 0 Å². The topological polar surface area (TPSA) is 80.9 Å². The van der Waals surface area contributed by atoms with Gasteiger partial charge in [0.15, 0.2) is 0 Å². The minimum absolute atomic E-state index is 0.0235. The highest BCUT2D eigenvalue weighted by molar-refractivity contribution is 5.74. The first-order chi connectivity index (χ1) is 9.52. The zero-order valence-corrected chi connectivity index (χ0v) is 11.2. The molecule has 0 fully saturated rings. The van der Waals surface area contributed by atoms with Gasteiger partial charge in [0.05, 0.1) is 12.0 Å². The molecule has 21 heavy (non-hydrogen) atoms. The van der Waals surface area contributed by atoms with Crippen molar-refractivity contribution < 1.29 is 31.9 Å². The molecule has 0 aliphatic heterocycles.